The summed E-state index contributed by atoms with van der Waals surface area (Å²) in [5.41, 5.74) is -1.76. The first-order valence-electron chi connectivity index (χ1n) is 10.2. The fraction of sp³-hybridized carbons (Fsp3) is 0.667. The molecule has 4 N–H and O–H groups in total. The van der Waals surface area contributed by atoms with Gasteiger partial charge in [0.2, 0.25) is 0 Å². The van der Waals surface area contributed by atoms with Crippen molar-refractivity contribution in [2.45, 2.75) is 67.0 Å². The van der Waals surface area contributed by atoms with Gasteiger partial charge in [0.15, 0.2) is 23.4 Å². The second-order valence-corrected chi connectivity index (χ2v) is 9.96. The molecule has 1 unspecified atom stereocenters. The van der Waals surface area contributed by atoms with Crippen LogP contribution in [0.1, 0.15) is 49.3 Å². The number of hydrogen-bond acceptors (Lipinski definition) is 6. The molecule has 5 aliphatic rings. The lowest BCUT2D eigenvalue weighted by Gasteiger charge is -2.65. The highest BCUT2D eigenvalue weighted by atomic mass is 16.5. The molecule has 0 amide bonds. The van der Waals surface area contributed by atoms with Crippen LogP contribution in [0.15, 0.2) is 12.1 Å². The Morgan fingerprint density at radius 2 is 1.96 bits per heavy atom. The third kappa shape index (κ3) is 1.70. The summed E-state index contributed by atoms with van der Waals surface area (Å²) >= 11 is 0. The lowest BCUT2D eigenvalue weighted by atomic mass is 9.48. The Balaban J connectivity index is 1.62. The topological polar surface area (TPSA) is 107 Å². The van der Waals surface area contributed by atoms with E-state index in [1.54, 1.807) is 6.07 Å². The van der Waals surface area contributed by atoms with Crippen LogP contribution in [-0.2, 0) is 10.2 Å². The van der Waals surface area contributed by atoms with Gasteiger partial charge in [0, 0.05) is 18.4 Å². The molecule has 0 radical (unpaired) electrons. The number of rotatable bonds is 2. The summed E-state index contributed by atoms with van der Waals surface area (Å²) in [6.07, 6.45) is 0.642. The van der Waals surface area contributed by atoms with E-state index in [-0.39, 0.29) is 30.1 Å². The van der Waals surface area contributed by atoms with Crippen LogP contribution in [0.5, 0.6) is 11.5 Å². The van der Waals surface area contributed by atoms with E-state index in [9.17, 15) is 25.2 Å². The van der Waals surface area contributed by atoms with Crippen LogP contribution in [0.25, 0.3) is 0 Å². The van der Waals surface area contributed by atoms with E-state index in [1.807, 2.05) is 7.05 Å². The number of carbonyl (C=O) groups excluding carboxylic acids is 1. The number of phenols is 1. The SMILES string of the molecule is C[N@+]1(CC2(O)CC2)CC[C@]23c4c5ccc(O)c4O[C@H]2C(=O)CC[C@@]3(O)[C@H]1C5O. The van der Waals surface area contributed by atoms with Gasteiger partial charge in [0.05, 0.1) is 19.0 Å². The Kier molecular flexibility index (Phi) is 2.90. The van der Waals surface area contributed by atoms with Crippen LogP contribution in [0.4, 0.5) is 0 Å². The van der Waals surface area contributed by atoms with E-state index < -0.39 is 34.9 Å². The molecule has 7 nitrogen and oxygen atoms in total. The Hall–Kier alpha value is -1.67. The number of aliphatic hydroxyl groups is 3. The first-order valence-corrected chi connectivity index (χ1v) is 10.2. The van der Waals surface area contributed by atoms with Crippen molar-refractivity contribution in [3.63, 3.8) is 0 Å². The second kappa shape index (κ2) is 4.73. The Bertz CT molecular complexity index is 928. The maximum atomic E-state index is 12.8. The van der Waals surface area contributed by atoms with Crippen molar-refractivity contribution in [1.29, 1.82) is 0 Å². The van der Waals surface area contributed by atoms with Gasteiger partial charge in [0.1, 0.15) is 29.9 Å². The van der Waals surface area contributed by atoms with Crippen LogP contribution in [0.2, 0.25) is 0 Å². The van der Waals surface area contributed by atoms with Gasteiger partial charge in [-0.2, -0.15) is 0 Å². The van der Waals surface area contributed by atoms with Gasteiger partial charge in [-0.1, -0.05) is 6.07 Å². The molecule has 150 valence electrons. The fourth-order valence-electron chi connectivity index (χ4n) is 7.11. The van der Waals surface area contributed by atoms with E-state index in [0.717, 1.165) is 12.8 Å². The molecule has 3 aliphatic carbocycles. The van der Waals surface area contributed by atoms with Crippen LogP contribution >= 0.6 is 0 Å². The minimum absolute atomic E-state index is 0.0570. The van der Waals surface area contributed by atoms with E-state index in [4.69, 9.17) is 4.74 Å². The van der Waals surface area contributed by atoms with Crippen molar-refractivity contribution < 1.29 is 34.4 Å². The quantitative estimate of drug-likeness (QED) is 0.542. The number of nitrogens with zero attached hydrogens (tertiary/aromatic N) is 1. The highest BCUT2D eigenvalue weighted by Crippen LogP contribution is 2.67. The van der Waals surface area contributed by atoms with Crippen LogP contribution in [-0.4, -0.2) is 74.2 Å². The smallest absolute Gasteiger partial charge is 0.174 e. The average molecular weight is 388 g/mol. The first-order chi connectivity index (χ1) is 13.2. The zero-order valence-corrected chi connectivity index (χ0v) is 15.9. The number of aromatic hydroxyl groups is 1. The van der Waals surface area contributed by atoms with E-state index in [0.29, 0.717) is 35.1 Å². The van der Waals surface area contributed by atoms with Crippen molar-refractivity contribution in [3.8, 4) is 11.5 Å². The zero-order chi connectivity index (χ0) is 19.7. The monoisotopic (exact) mass is 388 g/mol. The van der Waals surface area contributed by atoms with Crippen LogP contribution in [0, 0.1) is 0 Å². The Labute approximate surface area is 162 Å². The van der Waals surface area contributed by atoms with E-state index >= 15 is 0 Å². The molecule has 2 aliphatic heterocycles. The molecule has 2 heterocycles. The second-order valence-electron chi connectivity index (χ2n) is 9.96. The lowest BCUT2D eigenvalue weighted by molar-refractivity contribution is -0.957. The predicted molar refractivity (Wildman–Crippen MR) is 96.9 cm³/mol. The Morgan fingerprint density at radius 3 is 2.68 bits per heavy atom. The molecule has 7 heteroatoms. The number of benzene rings is 1. The minimum atomic E-state index is -1.34. The molecule has 2 bridgehead atoms. The molecule has 2 saturated carbocycles. The minimum Gasteiger partial charge on any atom is -0.504 e. The number of phenolic OH excluding ortho intramolecular Hbond substituents is 1. The van der Waals surface area contributed by atoms with Gasteiger partial charge in [0.25, 0.3) is 0 Å². The summed E-state index contributed by atoms with van der Waals surface area (Å²) in [6, 6.07) is 2.63. The normalized spacial score (nSPS) is 46.7. The lowest BCUT2D eigenvalue weighted by Crippen LogP contribution is -2.82. The van der Waals surface area contributed by atoms with Gasteiger partial charge in [-0.15, -0.1) is 0 Å². The number of hydrogen-bond donors (Lipinski definition) is 4. The summed E-state index contributed by atoms with van der Waals surface area (Å²) in [4.78, 5) is 12.8. The first kappa shape index (κ1) is 17.2. The summed E-state index contributed by atoms with van der Waals surface area (Å²) in [6.45, 7) is 1.10. The van der Waals surface area contributed by atoms with E-state index in [2.05, 4.69) is 0 Å². The maximum Gasteiger partial charge on any atom is 0.174 e. The number of piperidine rings is 1. The zero-order valence-electron chi connectivity index (χ0n) is 15.9. The standard InChI is InChI=1S/C21H25NO6/c1-22(10-19(26)6-7-19)9-8-20-14-11-2-3-12(23)16(14)28-18(20)13(24)4-5-21(20,27)17(22)15(11)25/h2-3,15,17-18,25-27H,4-10H2,1H3/p+1/t15?,17-,18+,20+,21-,22-/m1/s1. The molecule has 3 fully saturated rings. The highest BCUT2D eigenvalue weighted by Gasteiger charge is 2.78. The largest absolute Gasteiger partial charge is 0.504 e. The molecule has 1 spiro atoms. The van der Waals surface area contributed by atoms with Gasteiger partial charge >= 0.3 is 0 Å². The molecule has 0 aromatic heterocycles. The van der Waals surface area contributed by atoms with Gasteiger partial charge < -0.3 is 29.6 Å². The van der Waals surface area contributed by atoms with Crippen LogP contribution < -0.4 is 4.74 Å². The fourth-order valence-corrected chi connectivity index (χ4v) is 7.11. The van der Waals surface area contributed by atoms with Crippen LogP contribution in [0.3, 0.4) is 0 Å². The number of Topliss-reactive ketones (excluding diaryl/α,β-unsaturated/α-hetero) is 1. The Morgan fingerprint density at radius 1 is 1.21 bits per heavy atom. The number of ketones is 1. The molecule has 6 atom stereocenters. The molecule has 1 aromatic rings. The summed E-state index contributed by atoms with van der Waals surface area (Å²) in [7, 11) is 2.00. The van der Waals surface area contributed by atoms with E-state index in [1.165, 1.54) is 6.07 Å². The number of carbonyl (C=O) groups is 1. The van der Waals surface area contributed by atoms with Gasteiger partial charge in [-0.05, 0) is 30.9 Å². The number of quaternary nitrogens is 1. The number of ether oxygens (including phenoxy) is 1. The molecule has 1 aromatic carbocycles. The third-order valence-electron chi connectivity index (χ3n) is 8.39. The summed E-state index contributed by atoms with van der Waals surface area (Å²) in [5.74, 6) is 0.127. The van der Waals surface area contributed by atoms with Crippen molar-refractivity contribution in [3.05, 3.63) is 23.3 Å². The van der Waals surface area contributed by atoms with Crippen molar-refractivity contribution in [2.24, 2.45) is 0 Å². The van der Waals surface area contributed by atoms with Gasteiger partial charge in [-0.25, -0.2) is 0 Å². The third-order valence-corrected chi connectivity index (χ3v) is 8.39. The summed E-state index contributed by atoms with van der Waals surface area (Å²) < 4.78 is 6.36. The molecular weight excluding hydrogens is 362 g/mol. The molecular formula is C21H26NO6+. The molecule has 1 saturated heterocycles. The molecule has 28 heavy (non-hydrogen) atoms. The number of likely N-dealkylation sites (N-methyl/N-ethyl adjacent to an activating group) is 1. The highest BCUT2D eigenvalue weighted by molar-refractivity contribution is 5.90. The predicted octanol–water partition coefficient (Wildman–Crippen LogP) is 0.276. The maximum absolute atomic E-state index is 12.8. The summed E-state index contributed by atoms with van der Waals surface area (Å²) in [5, 5.41) is 44.7. The van der Waals surface area contributed by atoms with Crippen molar-refractivity contribution >= 4 is 5.78 Å². The van der Waals surface area contributed by atoms with Crippen molar-refractivity contribution in [1.82, 2.24) is 0 Å². The number of aliphatic hydroxyl groups excluding tert-OH is 1. The molecule has 6 rings (SSSR count). The average Bonchev–Trinajstić information content (AvgIpc) is 3.22. The van der Waals surface area contributed by atoms with Gasteiger partial charge in [-0.3, -0.25) is 4.79 Å². The number of likely N-dealkylation sites (tertiary alicyclic amines) is 1. The van der Waals surface area contributed by atoms with Crippen molar-refractivity contribution in [2.75, 3.05) is 20.1 Å².